The number of amides is 1. The zero-order valence-electron chi connectivity index (χ0n) is 9.91. The number of benzene rings is 1. The van der Waals surface area contributed by atoms with Gasteiger partial charge in [-0.3, -0.25) is 4.79 Å². The van der Waals surface area contributed by atoms with Crippen molar-refractivity contribution in [3.63, 3.8) is 0 Å². The summed E-state index contributed by atoms with van der Waals surface area (Å²) < 4.78 is 0. The number of rotatable bonds is 2. The van der Waals surface area contributed by atoms with Crippen LogP contribution in [0.3, 0.4) is 0 Å². The summed E-state index contributed by atoms with van der Waals surface area (Å²) in [5.74, 6) is -0.346. The molecule has 1 aromatic carbocycles. The maximum absolute atomic E-state index is 12.0. The van der Waals surface area contributed by atoms with Gasteiger partial charge in [0.25, 0.3) is 0 Å². The Labute approximate surface area is 116 Å². The second-order valence-electron chi connectivity index (χ2n) is 4.43. The van der Waals surface area contributed by atoms with Crippen LogP contribution in [0.15, 0.2) is 24.3 Å². The first kappa shape index (κ1) is 13.4. The Morgan fingerprint density at radius 2 is 2.11 bits per heavy atom. The van der Waals surface area contributed by atoms with Gasteiger partial charge in [-0.25, -0.2) is 0 Å². The Morgan fingerprint density at radius 1 is 1.39 bits per heavy atom. The molecule has 96 valence electrons. The van der Waals surface area contributed by atoms with Crippen molar-refractivity contribution in [3.05, 3.63) is 39.9 Å². The fraction of sp³-hybridized carbons (Fsp3) is 0.308. The van der Waals surface area contributed by atoms with E-state index in [9.17, 15) is 4.79 Å². The van der Waals surface area contributed by atoms with Gasteiger partial charge in [-0.2, -0.15) is 0 Å². The van der Waals surface area contributed by atoms with Crippen molar-refractivity contribution in [3.8, 4) is 0 Å². The van der Waals surface area contributed by atoms with Crippen LogP contribution in [0, 0.1) is 12.8 Å². The summed E-state index contributed by atoms with van der Waals surface area (Å²) in [6.07, 6.45) is 4.27. The van der Waals surface area contributed by atoms with Crippen molar-refractivity contribution < 1.29 is 4.79 Å². The lowest BCUT2D eigenvalue weighted by Crippen LogP contribution is -2.24. The van der Waals surface area contributed by atoms with E-state index in [2.05, 4.69) is 5.32 Å². The highest BCUT2D eigenvalue weighted by Gasteiger charge is 2.24. The number of hydrogen-bond acceptors (Lipinski definition) is 2. The molecule has 0 aliphatic heterocycles. The topological polar surface area (TPSA) is 55.1 Å². The summed E-state index contributed by atoms with van der Waals surface area (Å²) in [6, 6.07) is 3.48. The first-order valence-electron chi connectivity index (χ1n) is 5.68. The number of nitrogens with two attached hydrogens (primary N) is 1. The van der Waals surface area contributed by atoms with Gasteiger partial charge in [-0.05, 0) is 25.0 Å². The number of carbonyl (C=O) groups is 1. The Balaban J connectivity index is 2.17. The average molecular weight is 285 g/mol. The number of hydrogen-bond donors (Lipinski definition) is 2. The highest BCUT2D eigenvalue weighted by atomic mass is 35.5. The van der Waals surface area contributed by atoms with Crippen molar-refractivity contribution in [1.82, 2.24) is 0 Å². The third kappa shape index (κ3) is 2.69. The molecule has 2 atom stereocenters. The van der Waals surface area contributed by atoms with E-state index in [1.54, 1.807) is 6.07 Å². The van der Waals surface area contributed by atoms with E-state index < -0.39 is 0 Å². The maximum atomic E-state index is 12.0. The normalized spacial score (nSPS) is 22.2. The standard InChI is InChI=1S/C13H14Cl2N2O/c1-7-2-5-10(14)12(11(7)15)17-13(18)8-3-4-9(16)6-8/h2-5,8-9H,6,16H2,1H3,(H,17,18). The summed E-state index contributed by atoms with van der Waals surface area (Å²) in [6.45, 7) is 1.86. The van der Waals surface area contributed by atoms with Gasteiger partial charge in [0.2, 0.25) is 5.91 Å². The molecule has 3 N–H and O–H groups in total. The van der Waals surface area contributed by atoms with Crippen molar-refractivity contribution in [2.45, 2.75) is 19.4 Å². The first-order valence-corrected chi connectivity index (χ1v) is 6.44. The molecule has 0 aromatic heterocycles. The minimum Gasteiger partial charge on any atom is -0.324 e. The van der Waals surface area contributed by atoms with Crippen LogP contribution in [-0.2, 0) is 4.79 Å². The SMILES string of the molecule is Cc1ccc(Cl)c(NC(=O)C2C=CC(N)C2)c1Cl. The average Bonchev–Trinajstić information content (AvgIpc) is 2.76. The predicted molar refractivity (Wildman–Crippen MR) is 75.1 cm³/mol. The van der Waals surface area contributed by atoms with E-state index in [-0.39, 0.29) is 17.9 Å². The lowest BCUT2D eigenvalue weighted by atomic mass is 10.1. The highest BCUT2D eigenvalue weighted by Crippen LogP contribution is 2.33. The minimum atomic E-state index is -0.215. The van der Waals surface area contributed by atoms with Crippen LogP contribution in [-0.4, -0.2) is 11.9 Å². The van der Waals surface area contributed by atoms with Gasteiger partial charge < -0.3 is 11.1 Å². The summed E-state index contributed by atoms with van der Waals surface area (Å²) in [7, 11) is 0. The molecule has 18 heavy (non-hydrogen) atoms. The molecule has 1 aliphatic rings. The van der Waals surface area contributed by atoms with E-state index in [0.717, 1.165) is 5.56 Å². The van der Waals surface area contributed by atoms with Gasteiger partial charge in [-0.1, -0.05) is 41.4 Å². The van der Waals surface area contributed by atoms with Crippen LogP contribution in [0.25, 0.3) is 0 Å². The third-order valence-corrected chi connectivity index (χ3v) is 3.79. The van der Waals surface area contributed by atoms with Crippen molar-refractivity contribution in [2.24, 2.45) is 11.7 Å². The van der Waals surface area contributed by atoms with E-state index in [0.29, 0.717) is 22.2 Å². The summed E-state index contributed by atoms with van der Waals surface area (Å²) >= 11 is 12.2. The van der Waals surface area contributed by atoms with Crippen LogP contribution in [0.5, 0.6) is 0 Å². The smallest absolute Gasteiger partial charge is 0.231 e. The first-order chi connectivity index (χ1) is 8.49. The molecule has 1 aliphatic carbocycles. The predicted octanol–water partition coefficient (Wildman–Crippen LogP) is 3.14. The molecular formula is C13H14Cl2N2O. The molecule has 3 nitrogen and oxygen atoms in total. The van der Waals surface area contributed by atoms with Gasteiger partial charge in [0.15, 0.2) is 0 Å². The second kappa shape index (κ2) is 5.31. The van der Waals surface area contributed by atoms with Gasteiger partial charge in [0.1, 0.15) is 0 Å². The van der Waals surface area contributed by atoms with Gasteiger partial charge in [0, 0.05) is 6.04 Å². The lowest BCUT2D eigenvalue weighted by Gasteiger charge is -2.14. The zero-order chi connectivity index (χ0) is 13.3. The van der Waals surface area contributed by atoms with Crippen LogP contribution in [0.1, 0.15) is 12.0 Å². The fourth-order valence-electron chi connectivity index (χ4n) is 1.91. The lowest BCUT2D eigenvalue weighted by molar-refractivity contribution is -0.118. The van der Waals surface area contributed by atoms with E-state index >= 15 is 0 Å². The number of halogens is 2. The Morgan fingerprint density at radius 3 is 2.72 bits per heavy atom. The van der Waals surface area contributed by atoms with E-state index in [1.807, 2.05) is 25.1 Å². The van der Waals surface area contributed by atoms with Gasteiger partial charge >= 0.3 is 0 Å². The molecule has 2 unspecified atom stereocenters. The molecule has 5 heteroatoms. The van der Waals surface area contributed by atoms with Crippen molar-refractivity contribution in [1.29, 1.82) is 0 Å². The minimum absolute atomic E-state index is 0.0517. The van der Waals surface area contributed by atoms with Gasteiger partial charge in [0.05, 0.1) is 21.7 Å². The zero-order valence-corrected chi connectivity index (χ0v) is 11.4. The third-order valence-electron chi connectivity index (χ3n) is 2.99. The molecular weight excluding hydrogens is 271 g/mol. The molecule has 1 aromatic rings. The quantitative estimate of drug-likeness (QED) is 0.820. The molecule has 1 amide bonds. The highest BCUT2D eigenvalue weighted by molar-refractivity contribution is 6.40. The summed E-state index contributed by atoms with van der Waals surface area (Å²) in [4.78, 5) is 12.0. The van der Waals surface area contributed by atoms with Gasteiger partial charge in [-0.15, -0.1) is 0 Å². The largest absolute Gasteiger partial charge is 0.324 e. The van der Waals surface area contributed by atoms with E-state index in [4.69, 9.17) is 28.9 Å². The van der Waals surface area contributed by atoms with Crippen LogP contribution in [0.4, 0.5) is 5.69 Å². The molecule has 0 fully saturated rings. The monoisotopic (exact) mass is 284 g/mol. The molecule has 0 heterocycles. The number of anilines is 1. The Kier molecular flexibility index (Phi) is 3.95. The van der Waals surface area contributed by atoms with Crippen LogP contribution in [0.2, 0.25) is 10.0 Å². The molecule has 0 spiro atoms. The maximum Gasteiger partial charge on any atom is 0.231 e. The molecule has 0 bridgehead atoms. The molecule has 0 radical (unpaired) electrons. The number of carbonyl (C=O) groups excluding carboxylic acids is 1. The van der Waals surface area contributed by atoms with Crippen molar-refractivity contribution >= 4 is 34.8 Å². The van der Waals surface area contributed by atoms with E-state index in [1.165, 1.54) is 0 Å². The molecule has 2 rings (SSSR count). The molecule has 0 saturated carbocycles. The Hall–Kier alpha value is -1.03. The second-order valence-corrected chi connectivity index (χ2v) is 5.22. The summed E-state index contributed by atoms with van der Waals surface area (Å²) in [5.41, 5.74) is 7.06. The van der Waals surface area contributed by atoms with Crippen LogP contribution >= 0.6 is 23.2 Å². The van der Waals surface area contributed by atoms with Crippen molar-refractivity contribution in [2.75, 3.05) is 5.32 Å². The van der Waals surface area contributed by atoms with Crippen LogP contribution < -0.4 is 11.1 Å². The number of nitrogens with one attached hydrogen (secondary N) is 1. The fourth-order valence-corrected chi connectivity index (χ4v) is 2.37. The molecule has 0 saturated heterocycles. The Bertz CT molecular complexity index is 514. The number of aryl methyl sites for hydroxylation is 1. The summed E-state index contributed by atoms with van der Waals surface area (Å²) in [5, 5.41) is 3.68.